The molecule has 0 bridgehead atoms. The molecule has 0 saturated carbocycles. The molecule has 0 spiro atoms. The SMILES string of the molecule is CCC(C)C(c1ccccc1)C(Cc1nccs1)NN. The second kappa shape index (κ2) is 7.53. The van der Waals surface area contributed by atoms with Crippen molar-refractivity contribution in [2.24, 2.45) is 11.8 Å². The third kappa shape index (κ3) is 3.66. The van der Waals surface area contributed by atoms with E-state index in [4.69, 9.17) is 5.84 Å². The Kier molecular flexibility index (Phi) is 5.71. The number of benzene rings is 1. The highest BCUT2D eigenvalue weighted by atomic mass is 32.1. The summed E-state index contributed by atoms with van der Waals surface area (Å²) in [6.07, 6.45) is 3.86. The first-order chi connectivity index (χ1) is 9.76. The smallest absolute Gasteiger partial charge is 0.0941 e. The van der Waals surface area contributed by atoms with Crippen LogP contribution in [-0.2, 0) is 6.42 Å². The number of thiazole rings is 1. The van der Waals surface area contributed by atoms with Crippen LogP contribution < -0.4 is 11.3 Å². The molecule has 0 fully saturated rings. The molecule has 1 aromatic heterocycles. The molecule has 3 nitrogen and oxygen atoms in total. The van der Waals surface area contributed by atoms with Crippen LogP contribution in [-0.4, -0.2) is 11.0 Å². The van der Waals surface area contributed by atoms with E-state index in [0.29, 0.717) is 11.8 Å². The first-order valence-electron chi connectivity index (χ1n) is 7.15. The van der Waals surface area contributed by atoms with Crippen LogP contribution in [0.3, 0.4) is 0 Å². The van der Waals surface area contributed by atoms with Crippen molar-refractivity contribution >= 4 is 11.3 Å². The molecule has 108 valence electrons. The second-order valence-electron chi connectivity index (χ2n) is 5.23. The normalized spacial score (nSPS) is 15.8. The van der Waals surface area contributed by atoms with Crippen molar-refractivity contribution in [3.05, 3.63) is 52.5 Å². The van der Waals surface area contributed by atoms with Crippen molar-refractivity contribution in [1.29, 1.82) is 0 Å². The van der Waals surface area contributed by atoms with Gasteiger partial charge in [-0.2, -0.15) is 0 Å². The van der Waals surface area contributed by atoms with Gasteiger partial charge in [-0.25, -0.2) is 4.98 Å². The van der Waals surface area contributed by atoms with E-state index in [1.807, 2.05) is 11.6 Å². The Morgan fingerprint density at radius 1 is 1.30 bits per heavy atom. The fourth-order valence-corrected chi connectivity index (χ4v) is 3.39. The van der Waals surface area contributed by atoms with Crippen molar-refractivity contribution in [3.63, 3.8) is 0 Å². The van der Waals surface area contributed by atoms with E-state index in [0.717, 1.165) is 17.8 Å². The third-order valence-electron chi connectivity index (χ3n) is 3.97. The Hall–Kier alpha value is -1.23. The summed E-state index contributed by atoms with van der Waals surface area (Å²) in [5, 5.41) is 3.15. The zero-order valence-electron chi connectivity index (χ0n) is 12.1. The molecule has 0 radical (unpaired) electrons. The van der Waals surface area contributed by atoms with Gasteiger partial charge in [-0.1, -0.05) is 50.6 Å². The molecular formula is C16H23N3S. The standard InChI is InChI=1S/C16H23N3S/c1-3-12(2)16(13-7-5-4-6-8-13)14(19-17)11-15-18-9-10-20-15/h4-10,12,14,16,19H,3,11,17H2,1-2H3. The number of nitrogens with zero attached hydrogens (tertiary/aromatic N) is 1. The summed E-state index contributed by atoms with van der Waals surface area (Å²) in [7, 11) is 0. The lowest BCUT2D eigenvalue weighted by molar-refractivity contribution is 0.335. The predicted molar refractivity (Wildman–Crippen MR) is 85.6 cm³/mol. The topological polar surface area (TPSA) is 50.9 Å². The fourth-order valence-electron chi connectivity index (χ4n) is 2.72. The fraction of sp³-hybridized carbons (Fsp3) is 0.438. The van der Waals surface area contributed by atoms with Crippen molar-refractivity contribution in [2.45, 2.75) is 38.6 Å². The summed E-state index contributed by atoms with van der Waals surface area (Å²) in [5.41, 5.74) is 4.37. The monoisotopic (exact) mass is 289 g/mol. The summed E-state index contributed by atoms with van der Waals surface area (Å²) >= 11 is 1.69. The maximum Gasteiger partial charge on any atom is 0.0941 e. The molecule has 1 heterocycles. The summed E-state index contributed by atoms with van der Waals surface area (Å²) < 4.78 is 0. The van der Waals surface area contributed by atoms with E-state index < -0.39 is 0 Å². The van der Waals surface area contributed by atoms with Gasteiger partial charge in [0, 0.05) is 30.0 Å². The number of aromatic nitrogens is 1. The summed E-state index contributed by atoms with van der Waals surface area (Å²) in [4.78, 5) is 4.39. The average molecular weight is 289 g/mol. The van der Waals surface area contributed by atoms with Gasteiger partial charge in [0.15, 0.2) is 0 Å². The molecule has 0 saturated heterocycles. The van der Waals surface area contributed by atoms with Gasteiger partial charge in [-0.3, -0.25) is 11.3 Å². The highest BCUT2D eigenvalue weighted by Gasteiger charge is 2.27. The lowest BCUT2D eigenvalue weighted by atomic mass is 9.79. The molecule has 2 aromatic rings. The Balaban J connectivity index is 2.24. The number of hydrogen-bond donors (Lipinski definition) is 2. The van der Waals surface area contributed by atoms with Crippen LogP contribution in [0.5, 0.6) is 0 Å². The van der Waals surface area contributed by atoms with Gasteiger partial charge >= 0.3 is 0 Å². The minimum atomic E-state index is 0.207. The van der Waals surface area contributed by atoms with Gasteiger partial charge < -0.3 is 0 Å². The Bertz CT molecular complexity index is 484. The van der Waals surface area contributed by atoms with E-state index in [1.54, 1.807) is 11.3 Å². The minimum absolute atomic E-state index is 0.207. The highest BCUT2D eigenvalue weighted by Crippen LogP contribution is 2.31. The molecule has 0 amide bonds. The average Bonchev–Trinajstić information content (AvgIpc) is 3.00. The largest absolute Gasteiger partial charge is 0.271 e. The van der Waals surface area contributed by atoms with Crippen LogP contribution in [0.1, 0.15) is 36.8 Å². The zero-order valence-corrected chi connectivity index (χ0v) is 12.9. The van der Waals surface area contributed by atoms with Gasteiger partial charge in [-0.05, 0) is 11.5 Å². The number of hydrazine groups is 1. The Morgan fingerprint density at radius 3 is 2.60 bits per heavy atom. The zero-order chi connectivity index (χ0) is 14.4. The summed E-state index contributed by atoms with van der Waals surface area (Å²) in [6, 6.07) is 10.9. The molecule has 4 heteroatoms. The van der Waals surface area contributed by atoms with Gasteiger partial charge in [-0.15, -0.1) is 11.3 Å². The van der Waals surface area contributed by atoms with E-state index in [1.165, 1.54) is 5.56 Å². The number of nitrogens with two attached hydrogens (primary N) is 1. The quantitative estimate of drug-likeness (QED) is 0.607. The van der Waals surface area contributed by atoms with Crippen LogP contribution in [0.4, 0.5) is 0 Å². The van der Waals surface area contributed by atoms with E-state index >= 15 is 0 Å². The van der Waals surface area contributed by atoms with Crippen LogP contribution >= 0.6 is 11.3 Å². The first-order valence-corrected chi connectivity index (χ1v) is 8.03. The summed E-state index contributed by atoms with van der Waals surface area (Å²) in [5.74, 6) is 6.81. The Morgan fingerprint density at radius 2 is 2.05 bits per heavy atom. The molecule has 3 atom stereocenters. The van der Waals surface area contributed by atoms with Crippen molar-refractivity contribution in [3.8, 4) is 0 Å². The molecule has 2 rings (SSSR count). The Labute approximate surface area is 125 Å². The minimum Gasteiger partial charge on any atom is -0.271 e. The van der Waals surface area contributed by atoms with Gasteiger partial charge in [0.1, 0.15) is 0 Å². The molecule has 3 N–H and O–H groups in total. The highest BCUT2D eigenvalue weighted by molar-refractivity contribution is 7.09. The van der Waals surface area contributed by atoms with Gasteiger partial charge in [0.05, 0.1) is 5.01 Å². The van der Waals surface area contributed by atoms with Crippen molar-refractivity contribution in [2.75, 3.05) is 0 Å². The molecule has 0 aliphatic carbocycles. The molecule has 0 aliphatic heterocycles. The van der Waals surface area contributed by atoms with Crippen LogP contribution in [0.2, 0.25) is 0 Å². The van der Waals surface area contributed by atoms with Crippen LogP contribution in [0.15, 0.2) is 41.9 Å². The van der Waals surface area contributed by atoms with E-state index in [9.17, 15) is 0 Å². The van der Waals surface area contributed by atoms with E-state index in [-0.39, 0.29) is 6.04 Å². The second-order valence-corrected chi connectivity index (χ2v) is 6.20. The molecule has 0 aliphatic rings. The molecule has 1 aromatic carbocycles. The number of nitrogens with one attached hydrogen (secondary N) is 1. The van der Waals surface area contributed by atoms with E-state index in [2.05, 4.69) is 54.6 Å². The molecule has 3 unspecified atom stereocenters. The number of hydrogen-bond acceptors (Lipinski definition) is 4. The summed E-state index contributed by atoms with van der Waals surface area (Å²) in [6.45, 7) is 4.53. The lowest BCUT2D eigenvalue weighted by Crippen LogP contribution is -2.43. The number of rotatable bonds is 7. The van der Waals surface area contributed by atoms with Crippen molar-refractivity contribution < 1.29 is 0 Å². The first kappa shape index (κ1) is 15.2. The van der Waals surface area contributed by atoms with Gasteiger partial charge in [0.25, 0.3) is 0 Å². The van der Waals surface area contributed by atoms with Crippen LogP contribution in [0.25, 0.3) is 0 Å². The maximum atomic E-state index is 5.85. The maximum absolute atomic E-state index is 5.85. The van der Waals surface area contributed by atoms with Crippen molar-refractivity contribution in [1.82, 2.24) is 10.4 Å². The molecular weight excluding hydrogens is 266 g/mol. The van der Waals surface area contributed by atoms with Crippen LogP contribution in [0, 0.1) is 5.92 Å². The molecule has 20 heavy (non-hydrogen) atoms. The van der Waals surface area contributed by atoms with Gasteiger partial charge in [0.2, 0.25) is 0 Å². The predicted octanol–water partition coefficient (Wildman–Crippen LogP) is 3.35. The third-order valence-corrected chi connectivity index (χ3v) is 4.77. The lowest BCUT2D eigenvalue weighted by Gasteiger charge is -2.31.